The van der Waals surface area contributed by atoms with E-state index in [2.05, 4.69) is 15.6 Å². The molecule has 6 heteroatoms. The smallest absolute Gasteiger partial charge is 0.270 e. The summed E-state index contributed by atoms with van der Waals surface area (Å²) in [7, 11) is 0. The molecule has 2 bridgehead atoms. The third-order valence-corrected chi connectivity index (χ3v) is 4.53. The second kappa shape index (κ2) is 4.46. The lowest BCUT2D eigenvalue weighted by molar-refractivity contribution is 0.0923. The van der Waals surface area contributed by atoms with Crippen molar-refractivity contribution in [2.75, 3.05) is 6.54 Å². The molecule has 104 valence electrons. The van der Waals surface area contributed by atoms with Crippen LogP contribution < -0.4 is 10.6 Å². The molecule has 0 radical (unpaired) electrons. The molecule has 3 heterocycles. The third-order valence-electron chi connectivity index (χ3n) is 4.27. The topological polar surface area (TPSA) is 67.2 Å². The number of rotatable bonds is 2. The maximum Gasteiger partial charge on any atom is 0.270 e. The van der Waals surface area contributed by atoms with Gasteiger partial charge in [-0.2, -0.15) is 0 Å². The maximum atomic E-state index is 12.3. The summed E-state index contributed by atoms with van der Waals surface area (Å²) < 4.78 is 5.22. The first kappa shape index (κ1) is 12.2. The van der Waals surface area contributed by atoms with Gasteiger partial charge in [0.05, 0.1) is 6.26 Å². The molecule has 1 saturated carbocycles. The highest BCUT2D eigenvalue weighted by Crippen LogP contribution is 2.31. The number of piperidine rings is 1. The van der Waals surface area contributed by atoms with Crippen molar-refractivity contribution in [3.05, 3.63) is 29.2 Å². The SMILES string of the molecule is O=C(NC1CC2CNC1C2)c1cc2ccoc2c(Cl)n1. The standard InChI is InChI=1S/C14H14ClN3O2/c15-13-12-8(1-2-20-12)5-11(17-13)14(19)18-10-4-7-3-9(10)16-6-7/h1-2,5,7,9-10,16H,3-4,6H2,(H,18,19). The average molecular weight is 292 g/mol. The Labute approximate surface area is 120 Å². The zero-order chi connectivity index (χ0) is 13.7. The van der Waals surface area contributed by atoms with Crippen LogP contribution in [0.5, 0.6) is 0 Å². The van der Waals surface area contributed by atoms with Crippen LogP contribution in [0.3, 0.4) is 0 Å². The van der Waals surface area contributed by atoms with Crippen LogP contribution >= 0.6 is 11.6 Å². The molecule has 2 fully saturated rings. The van der Waals surface area contributed by atoms with E-state index in [1.807, 2.05) is 0 Å². The van der Waals surface area contributed by atoms with E-state index in [-0.39, 0.29) is 17.1 Å². The number of halogens is 1. The van der Waals surface area contributed by atoms with Crippen LogP contribution in [0.1, 0.15) is 23.3 Å². The second-order valence-corrected chi connectivity index (χ2v) is 5.93. The molecule has 1 saturated heterocycles. The summed E-state index contributed by atoms with van der Waals surface area (Å²) in [6.45, 7) is 1.07. The Kier molecular flexibility index (Phi) is 2.72. The lowest BCUT2D eigenvalue weighted by Gasteiger charge is -2.23. The minimum absolute atomic E-state index is 0.172. The predicted molar refractivity (Wildman–Crippen MR) is 74.8 cm³/mol. The number of furan rings is 1. The van der Waals surface area contributed by atoms with Crippen LogP contribution in [0.25, 0.3) is 11.0 Å². The highest BCUT2D eigenvalue weighted by Gasteiger charge is 2.40. The van der Waals surface area contributed by atoms with E-state index in [0.29, 0.717) is 23.2 Å². The Hall–Kier alpha value is -1.59. The summed E-state index contributed by atoms with van der Waals surface area (Å²) in [4.78, 5) is 16.4. The summed E-state index contributed by atoms with van der Waals surface area (Å²) in [5.41, 5.74) is 0.858. The Morgan fingerprint density at radius 1 is 1.50 bits per heavy atom. The van der Waals surface area contributed by atoms with Gasteiger partial charge in [0.2, 0.25) is 0 Å². The number of pyridine rings is 1. The van der Waals surface area contributed by atoms with Crippen LogP contribution in [-0.2, 0) is 0 Å². The van der Waals surface area contributed by atoms with Crippen molar-refractivity contribution >= 4 is 28.5 Å². The number of carbonyl (C=O) groups excluding carboxylic acids is 1. The van der Waals surface area contributed by atoms with Crippen LogP contribution in [0, 0.1) is 5.92 Å². The van der Waals surface area contributed by atoms with E-state index in [9.17, 15) is 4.79 Å². The molecular formula is C14H14ClN3O2. The second-order valence-electron chi connectivity index (χ2n) is 5.57. The summed E-state index contributed by atoms with van der Waals surface area (Å²) in [5.74, 6) is 0.521. The summed E-state index contributed by atoms with van der Waals surface area (Å²) >= 11 is 6.03. The van der Waals surface area contributed by atoms with E-state index in [1.54, 1.807) is 18.4 Å². The number of hydrogen-bond acceptors (Lipinski definition) is 4. The van der Waals surface area contributed by atoms with Crippen molar-refractivity contribution in [3.63, 3.8) is 0 Å². The van der Waals surface area contributed by atoms with Gasteiger partial charge in [-0.25, -0.2) is 4.98 Å². The fraction of sp³-hybridized carbons (Fsp3) is 0.429. The van der Waals surface area contributed by atoms with Gasteiger partial charge in [-0.15, -0.1) is 0 Å². The van der Waals surface area contributed by atoms with E-state index >= 15 is 0 Å². The maximum absolute atomic E-state index is 12.3. The minimum Gasteiger partial charge on any atom is -0.461 e. The van der Waals surface area contributed by atoms with Crippen molar-refractivity contribution in [1.82, 2.24) is 15.6 Å². The number of nitrogens with one attached hydrogen (secondary N) is 2. The van der Waals surface area contributed by atoms with E-state index in [4.69, 9.17) is 16.0 Å². The molecule has 0 spiro atoms. The highest BCUT2D eigenvalue weighted by atomic mass is 35.5. The molecule has 3 unspecified atom stereocenters. The van der Waals surface area contributed by atoms with Crippen molar-refractivity contribution in [2.45, 2.75) is 24.9 Å². The number of carbonyl (C=O) groups is 1. The monoisotopic (exact) mass is 291 g/mol. The molecule has 20 heavy (non-hydrogen) atoms. The lowest BCUT2D eigenvalue weighted by atomic mass is 10.1. The van der Waals surface area contributed by atoms with Crippen LogP contribution in [-0.4, -0.2) is 29.5 Å². The molecule has 3 atom stereocenters. The zero-order valence-corrected chi connectivity index (χ0v) is 11.5. The number of aromatic nitrogens is 1. The third kappa shape index (κ3) is 1.89. The van der Waals surface area contributed by atoms with Gasteiger partial charge in [0.25, 0.3) is 5.91 Å². The highest BCUT2D eigenvalue weighted by molar-refractivity contribution is 6.33. The fourth-order valence-corrected chi connectivity index (χ4v) is 3.55. The van der Waals surface area contributed by atoms with Gasteiger partial charge in [-0.3, -0.25) is 4.79 Å². The van der Waals surface area contributed by atoms with Crippen molar-refractivity contribution < 1.29 is 9.21 Å². The number of fused-ring (bicyclic) bond motifs is 3. The molecule has 4 rings (SSSR count). The van der Waals surface area contributed by atoms with Gasteiger partial charge in [0.15, 0.2) is 10.7 Å². The van der Waals surface area contributed by atoms with Crippen LogP contribution in [0.2, 0.25) is 5.15 Å². The summed E-state index contributed by atoms with van der Waals surface area (Å²) in [6.07, 6.45) is 3.74. The van der Waals surface area contributed by atoms with Crippen molar-refractivity contribution in [3.8, 4) is 0 Å². The van der Waals surface area contributed by atoms with Gasteiger partial charge >= 0.3 is 0 Å². The largest absolute Gasteiger partial charge is 0.461 e. The van der Waals surface area contributed by atoms with Gasteiger partial charge < -0.3 is 15.1 Å². The molecule has 2 aromatic rings. The molecule has 2 N–H and O–H groups in total. The summed E-state index contributed by atoms with van der Waals surface area (Å²) in [5, 5.41) is 7.50. The Balaban J connectivity index is 1.57. The molecule has 1 amide bonds. The van der Waals surface area contributed by atoms with Crippen molar-refractivity contribution in [1.29, 1.82) is 0 Å². The predicted octanol–water partition coefficient (Wildman–Crippen LogP) is 1.96. The van der Waals surface area contributed by atoms with Crippen molar-refractivity contribution in [2.24, 2.45) is 5.92 Å². The van der Waals surface area contributed by atoms with Gasteiger partial charge in [0, 0.05) is 17.5 Å². The zero-order valence-electron chi connectivity index (χ0n) is 10.7. The number of nitrogens with zero attached hydrogens (tertiary/aromatic N) is 1. The van der Waals surface area contributed by atoms with E-state index in [1.165, 1.54) is 0 Å². The number of hydrogen-bond donors (Lipinski definition) is 2. The normalized spacial score (nSPS) is 28.1. The summed E-state index contributed by atoms with van der Waals surface area (Å²) in [6, 6.07) is 4.08. The first-order valence-corrected chi connectivity index (χ1v) is 7.16. The Morgan fingerprint density at radius 2 is 2.40 bits per heavy atom. The molecule has 2 aliphatic rings. The van der Waals surface area contributed by atoms with E-state index in [0.717, 1.165) is 24.8 Å². The van der Waals surface area contributed by atoms with Crippen LogP contribution in [0.15, 0.2) is 22.8 Å². The first-order valence-electron chi connectivity index (χ1n) is 6.78. The van der Waals surface area contributed by atoms with Gasteiger partial charge in [-0.05, 0) is 37.4 Å². The number of amides is 1. The Morgan fingerprint density at radius 3 is 3.15 bits per heavy atom. The van der Waals surface area contributed by atoms with Crippen LogP contribution in [0.4, 0.5) is 0 Å². The van der Waals surface area contributed by atoms with E-state index < -0.39 is 0 Å². The van der Waals surface area contributed by atoms with Gasteiger partial charge in [0.1, 0.15) is 5.69 Å². The average Bonchev–Trinajstić information content (AvgIpc) is 3.13. The molecule has 1 aliphatic carbocycles. The van der Waals surface area contributed by atoms with Gasteiger partial charge in [-0.1, -0.05) is 11.6 Å². The molecular weight excluding hydrogens is 278 g/mol. The fourth-order valence-electron chi connectivity index (χ4n) is 3.31. The molecule has 0 aromatic carbocycles. The lowest BCUT2D eigenvalue weighted by Crippen LogP contribution is -2.48. The Bertz CT molecular complexity index is 684. The minimum atomic E-state index is -0.172. The molecule has 2 aromatic heterocycles. The first-order chi connectivity index (χ1) is 9.70. The molecule has 5 nitrogen and oxygen atoms in total. The quantitative estimate of drug-likeness (QED) is 0.830. The molecule has 1 aliphatic heterocycles.